The molecule has 1 fully saturated rings. The molecule has 1 aromatic carbocycles. The maximum atomic E-state index is 13.3. The van der Waals surface area contributed by atoms with Crippen molar-refractivity contribution in [2.24, 2.45) is 9.53 Å². The van der Waals surface area contributed by atoms with Gasteiger partial charge in [0, 0.05) is 18.7 Å². The molecule has 0 unspecified atom stereocenters. The van der Waals surface area contributed by atoms with Gasteiger partial charge in [-0.05, 0) is 0 Å². The van der Waals surface area contributed by atoms with E-state index in [1.807, 2.05) is 30.3 Å². The fraction of sp³-hybridized carbons (Fsp3) is 0.385. The van der Waals surface area contributed by atoms with Crippen LogP contribution in [-0.4, -0.2) is 46.4 Å². The molecule has 10 heteroatoms. The molecule has 2 aliphatic heterocycles. The summed E-state index contributed by atoms with van der Waals surface area (Å²) in [4.78, 5) is 0. The van der Waals surface area contributed by atoms with Crippen molar-refractivity contribution in [1.82, 2.24) is 9.99 Å². The van der Waals surface area contributed by atoms with Crippen molar-refractivity contribution in [2.45, 2.75) is 3.79 Å². The molecule has 124 valence electrons. The Bertz CT molecular complexity index is 684. The first-order chi connectivity index (χ1) is 10.9. The van der Waals surface area contributed by atoms with Gasteiger partial charge in [0.1, 0.15) is 5.84 Å². The number of nitrogens with one attached hydrogen (secondary N) is 1. The zero-order valence-corrected chi connectivity index (χ0v) is 15.1. The number of hydrogen-bond donors (Lipinski definition) is 1. The summed E-state index contributed by atoms with van der Waals surface area (Å²) in [6, 6.07) is 9.23. The van der Waals surface area contributed by atoms with E-state index >= 15 is 0 Å². The van der Waals surface area contributed by atoms with Gasteiger partial charge in [0.15, 0.2) is 5.84 Å². The minimum absolute atomic E-state index is 0.00572. The lowest BCUT2D eigenvalue weighted by atomic mass is 10.2. The molecule has 0 aliphatic carbocycles. The van der Waals surface area contributed by atoms with E-state index in [9.17, 15) is 4.57 Å². The van der Waals surface area contributed by atoms with Crippen LogP contribution in [0.3, 0.4) is 0 Å². The Morgan fingerprint density at radius 2 is 1.78 bits per heavy atom. The van der Waals surface area contributed by atoms with Gasteiger partial charge in [-0.25, -0.2) is 4.67 Å². The van der Waals surface area contributed by atoms with Gasteiger partial charge in [-0.1, -0.05) is 65.1 Å². The van der Waals surface area contributed by atoms with Gasteiger partial charge in [-0.15, -0.1) is 0 Å². The molecule has 2 aliphatic rings. The van der Waals surface area contributed by atoms with Crippen LogP contribution in [0.15, 0.2) is 39.9 Å². The number of rotatable bonds is 2. The predicted octanol–water partition coefficient (Wildman–Crippen LogP) is 3.25. The van der Waals surface area contributed by atoms with Gasteiger partial charge in [0.05, 0.1) is 13.2 Å². The molecule has 1 atom stereocenters. The van der Waals surface area contributed by atoms with E-state index in [-0.39, 0.29) is 5.84 Å². The van der Waals surface area contributed by atoms with Gasteiger partial charge < -0.3 is 10.1 Å². The summed E-state index contributed by atoms with van der Waals surface area (Å²) in [7, 11) is -3.45. The van der Waals surface area contributed by atoms with Crippen LogP contribution in [0.1, 0.15) is 5.56 Å². The van der Waals surface area contributed by atoms with Crippen molar-refractivity contribution in [2.75, 3.05) is 26.3 Å². The minimum Gasteiger partial charge on any atom is -0.379 e. The largest absolute Gasteiger partial charge is 0.379 e. The SMILES string of the molecule is O=[P@@]1(N2CCOCC2)N=C(c2ccccc2)NC(C(Cl)(Cl)Cl)=N1. The molecular weight excluding hydrogens is 382 g/mol. The Hall–Kier alpha value is -0.620. The van der Waals surface area contributed by atoms with Crippen molar-refractivity contribution in [3.05, 3.63) is 35.9 Å². The molecule has 3 rings (SSSR count). The van der Waals surface area contributed by atoms with Gasteiger partial charge in [-0.3, -0.25) is 4.57 Å². The average molecular weight is 396 g/mol. The molecule has 0 spiro atoms. The standard InChI is InChI=1S/C13H14Cl3N4O2P/c14-13(15,16)12-17-11(10-4-2-1-3-5-10)18-23(21,19-12)20-6-8-22-9-7-20/h1-5H,6-9H2,(H,17,18,19,21)/t23-/m0/s1. The van der Waals surface area contributed by atoms with Crippen molar-refractivity contribution >= 4 is 54.1 Å². The second-order valence-corrected chi connectivity index (χ2v) is 9.24. The summed E-state index contributed by atoms with van der Waals surface area (Å²) >= 11 is 17.8. The molecule has 2 heterocycles. The van der Waals surface area contributed by atoms with Crippen LogP contribution in [0.5, 0.6) is 0 Å². The fourth-order valence-electron chi connectivity index (χ4n) is 2.24. The summed E-state index contributed by atoms with van der Waals surface area (Å²) < 4.78 is 26.9. The van der Waals surface area contributed by atoms with Crippen molar-refractivity contribution in [1.29, 1.82) is 0 Å². The molecule has 1 saturated heterocycles. The second-order valence-electron chi connectivity index (χ2n) is 4.97. The Balaban J connectivity index is 2.03. The monoisotopic (exact) mass is 394 g/mol. The van der Waals surface area contributed by atoms with Crippen LogP contribution in [0.25, 0.3) is 0 Å². The minimum atomic E-state index is -3.45. The van der Waals surface area contributed by atoms with Crippen LogP contribution < -0.4 is 5.32 Å². The number of halogens is 3. The molecule has 0 bridgehead atoms. The third kappa shape index (κ3) is 3.90. The van der Waals surface area contributed by atoms with Crippen molar-refractivity contribution in [3.63, 3.8) is 0 Å². The van der Waals surface area contributed by atoms with Crippen LogP contribution in [0, 0.1) is 0 Å². The number of alkyl halides is 3. The normalized spacial score (nSPS) is 26.2. The van der Waals surface area contributed by atoms with Crippen molar-refractivity contribution < 1.29 is 9.30 Å². The first-order valence-corrected chi connectivity index (χ1v) is 9.62. The molecule has 1 aromatic rings. The maximum absolute atomic E-state index is 13.3. The van der Waals surface area contributed by atoms with Crippen LogP contribution in [0.4, 0.5) is 0 Å². The Kier molecular flexibility index (Phi) is 5.02. The van der Waals surface area contributed by atoms with Crippen LogP contribution in [-0.2, 0) is 9.30 Å². The van der Waals surface area contributed by atoms with E-state index in [1.165, 1.54) is 0 Å². The lowest BCUT2D eigenvalue weighted by molar-refractivity contribution is 0.0720. The summed E-state index contributed by atoms with van der Waals surface area (Å²) in [5.41, 5.74) is 0.739. The number of morpholine rings is 1. The Morgan fingerprint density at radius 3 is 2.39 bits per heavy atom. The second kappa shape index (κ2) is 6.71. The predicted molar refractivity (Wildman–Crippen MR) is 93.8 cm³/mol. The Labute approximate surface area is 149 Å². The highest BCUT2D eigenvalue weighted by Crippen LogP contribution is 2.55. The summed E-state index contributed by atoms with van der Waals surface area (Å²) in [5.74, 6) is 0.378. The highest BCUT2D eigenvalue weighted by atomic mass is 35.6. The van der Waals surface area contributed by atoms with Gasteiger partial charge in [0.25, 0.3) is 0 Å². The van der Waals surface area contributed by atoms with Crippen LogP contribution >= 0.6 is 42.4 Å². The molecule has 0 amide bonds. The van der Waals surface area contributed by atoms with E-state index in [1.54, 1.807) is 4.67 Å². The zero-order chi connectivity index (χ0) is 16.5. The van der Waals surface area contributed by atoms with Gasteiger partial charge >= 0.3 is 7.59 Å². The summed E-state index contributed by atoms with van der Waals surface area (Å²) in [5, 5.41) is 2.88. The van der Waals surface area contributed by atoms with Crippen molar-refractivity contribution in [3.8, 4) is 0 Å². The van der Waals surface area contributed by atoms with E-state index < -0.39 is 11.4 Å². The van der Waals surface area contributed by atoms with Gasteiger partial charge in [-0.2, -0.15) is 9.53 Å². The smallest absolute Gasteiger partial charge is 0.376 e. The lowest BCUT2D eigenvalue weighted by Crippen LogP contribution is -2.43. The van der Waals surface area contributed by atoms with Crippen LogP contribution in [0.2, 0.25) is 0 Å². The van der Waals surface area contributed by atoms with E-state index in [0.717, 1.165) is 5.56 Å². The van der Waals surface area contributed by atoms with E-state index in [0.29, 0.717) is 32.1 Å². The maximum Gasteiger partial charge on any atom is 0.376 e. The first-order valence-electron chi connectivity index (χ1n) is 6.92. The number of nitrogens with zero attached hydrogens (tertiary/aromatic N) is 3. The highest BCUT2D eigenvalue weighted by Gasteiger charge is 2.40. The zero-order valence-electron chi connectivity index (χ0n) is 12.0. The number of hydrogen-bond acceptors (Lipinski definition) is 3. The molecule has 0 radical (unpaired) electrons. The average Bonchev–Trinajstić information content (AvgIpc) is 2.55. The molecule has 0 saturated carbocycles. The van der Waals surface area contributed by atoms with E-state index in [2.05, 4.69) is 14.8 Å². The Morgan fingerprint density at radius 1 is 1.13 bits per heavy atom. The molecule has 0 aromatic heterocycles. The third-order valence-corrected chi connectivity index (χ3v) is 5.96. The summed E-state index contributed by atoms with van der Waals surface area (Å²) in [6.07, 6.45) is 0. The molecule has 1 N–H and O–H groups in total. The topological polar surface area (TPSA) is 66.3 Å². The first kappa shape index (κ1) is 17.2. The van der Waals surface area contributed by atoms with Gasteiger partial charge in [0.2, 0.25) is 3.79 Å². The quantitative estimate of drug-likeness (QED) is 0.617. The van der Waals surface area contributed by atoms with E-state index in [4.69, 9.17) is 39.5 Å². The number of ether oxygens (including phenoxy) is 1. The third-order valence-electron chi connectivity index (χ3n) is 3.37. The molecule has 6 nitrogen and oxygen atoms in total. The summed E-state index contributed by atoms with van der Waals surface area (Å²) in [6.45, 7) is 1.84. The molecular formula is C13H14Cl3N4O2P. The fourth-order valence-corrected chi connectivity index (χ4v) is 4.55. The highest BCUT2D eigenvalue weighted by molar-refractivity contribution is 7.59. The number of benzene rings is 1. The molecule has 23 heavy (non-hydrogen) atoms. The lowest BCUT2D eigenvalue weighted by Gasteiger charge is -2.33. The number of amidine groups is 2.